The Morgan fingerprint density at radius 2 is 1.68 bits per heavy atom. The fourth-order valence-electron chi connectivity index (χ4n) is 6.05. The van der Waals surface area contributed by atoms with Gasteiger partial charge in [0, 0.05) is 36.5 Å². The number of carbonyl (C=O) groups is 1. The fourth-order valence-corrected chi connectivity index (χ4v) is 9.12. The van der Waals surface area contributed by atoms with Gasteiger partial charge in [-0.1, -0.05) is 52.1 Å². The van der Waals surface area contributed by atoms with E-state index in [1.807, 2.05) is 6.07 Å². The summed E-state index contributed by atoms with van der Waals surface area (Å²) in [5.74, 6) is -1.12. The van der Waals surface area contributed by atoms with Gasteiger partial charge in [-0.15, -0.1) is 0 Å². The lowest BCUT2D eigenvalue weighted by atomic mass is 9.81. The van der Waals surface area contributed by atoms with Crippen LogP contribution in [0.2, 0.25) is 13.1 Å². The molecule has 0 atom stereocenters. The molecule has 0 amide bonds. The quantitative estimate of drug-likeness (QED) is 0.430. The molecule has 0 spiro atoms. The van der Waals surface area contributed by atoms with E-state index >= 15 is 0 Å². The van der Waals surface area contributed by atoms with Gasteiger partial charge in [0.1, 0.15) is 21.2 Å². The van der Waals surface area contributed by atoms with Crippen LogP contribution in [0, 0.1) is 0 Å². The van der Waals surface area contributed by atoms with Crippen LogP contribution in [0.25, 0.3) is 5.57 Å². The summed E-state index contributed by atoms with van der Waals surface area (Å²) in [6.45, 7) is 15.8. The van der Waals surface area contributed by atoms with Gasteiger partial charge in [-0.25, -0.2) is 4.58 Å². The zero-order valence-electron chi connectivity index (χ0n) is 24.0. The zero-order chi connectivity index (χ0) is 28.8. The van der Waals surface area contributed by atoms with Gasteiger partial charge in [0.15, 0.2) is 5.71 Å². The molecule has 3 heterocycles. The number of hydrogen-bond donors (Lipinski definition) is 0. The van der Waals surface area contributed by atoms with E-state index in [9.17, 15) is 9.90 Å². The van der Waals surface area contributed by atoms with Crippen molar-refractivity contribution >= 4 is 42.4 Å². The molecule has 2 fully saturated rings. The van der Waals surface area contributed by atoms with Crippen molar-refractivity contribution in [1.29, 1.82) is 0 Å². The first kappa shape index (κ1) is 27.8. The Bertz CT molecular complexity index is 1550. The van der Waals surface area contributed by atoms with E-state index in [0.717, 1.165) is 42.9 Å². The van der Waals surface area contributed by atoms with Crippen molar-refractivity contribution in [1.82, 2.24) is 0 Å². The first-order chi connectivity index (χ1) is 19.0. The van der Waals surface area contributed by atoms with Crippen LogP contribution in [0.5, 0.6) is 0 Å². The average Bonchev–Trinajstić information content (AvgIpc) is 2.82. The maximum absolute atomic E-state index is 12.4. The van der Waals surface area contributed by atoms with E-state index in [1.165, 1.54) is 45.8 Å². The highest BCUT2D eigenvalue weighted by Gasteiger charge is 2.41. The molecule has 0 bridgehead atoms. The highest BCUT2D eigenvalue weighted by molar-refractivity contribution is 6.98. The zero-order valence-corrected chi connectivity index (χ0v) is 25.0. The number of carboxylic acids is 1. The van der Waals surface area contributed by atoms with Gasteiger partial charge in [0.2, 0.25) is 0 Å². The Hall–Kier alpha value is -3.80. The molecule has 206 valence electrons. The third kappa shape index (κ3) is 4.74. The summed E-state index contributed by atoms with van der Waals surface area (Å²) < 4.78 is 2.45. The SMILES string of the molecule is CC(C)(C)c1ccc(C(=O)[O-])c(C2=C3C=CC(=[N+]4CCC4)C=C3[Si](C)(C)c3cc(N4CCC4)ccc32)c1.O=C=O. The minimum Gasteiger partial charge on any atom is -0.545 e. The predicted molar refractivity (Wildman–Crippen MR) is 158 cm³/mol. The van der Waals surface area contributed by atoms with Gasteiger partial charge < -0.3 is 14.8 Å². The third-order valence-electron chi connectivity index (χ3n) is 8.71. The number of aromatic carboxylic acids is 1. The minimum absolute atomic E-state index is 0.100. The van der Waals surface area contributed by atoms with Crippen LogP contribution < -0.4 is 15.2 Å². The third-order valence-corrected chi connectivity index (χ3v) is 12.2. The summed E-state index contributed by atoms with van der Waals surface area (Å²) in [6.07, 6.45) is 9.63. The highest BCUT2D eigenvalue weighted by Crippen LogP contribution is 2.43. The monoisotopic (exact) mass is 552 g/mol. The number of carbonyl (C=O) groups excluding carboxylic acids is 3. The number of carboxylic acid groups (broad SMARTS) is 1. The normalized spacial score (nSPS) is 18.8. The van der Waals surface area contributed by atoms with Crippen molar-refractivity contribution in [2.24, 2.45) is 0 Å². The Morgan fingerprint density at radius 3 is 2.23 bits per heavy atom. The summed E-state index contributed by atoms with van der Waals surface area (Å²) in [4.78, 5) is 31.1. The second kappa shape index (κ2) is 10.3. The van der Waals surface area contributed by atoms with Crippen LogP contribution in [-0.2, 0) is 15.0 Å². The first-order valence-electron chi connectivity index (χ1n) is 14.0. The van der Waals surface area contributed by atoms with E-state index < -0.39 is 14.0 Å². The second-order valence-corrected chi connectivity index (χ2v) is 16.8. The molecule has 6 nitrogen and oxygen atoms in total. The van der Waals surface area contributed by atoms with Crippen molar-refractivity contribution in [2.45, 2.75) is 52.1 Å². The molecule has 1 aliphatic carbocycles. The number of hydrogen-bond acceptors (Lipinski definition) is 5. The van der Waals surface area contributed by atoms with Crippen LogP contribution >= 0.6 is 0 Å². The maximum Gasteiger partial charge on any atom is 0.373 e. The molecule has 7 heteroatoms. The van der Waals surface area contributed by atoms with Crippen LogP contribution in [0.15, 0.2) is 65.4 Å². The van der Waals surface area contributed by atoms with E-state index in [4.69, 9.17) is 9.59 Å². The molecule has 40 heavy (non-hydrogen) atoms. The van der Waals surface area contributed by atoms with E-state index in [1.54, 1.807) is 6.07 Å². The van der Waals surface area contributed by atoms with Crippen molar-refractivity contribution in [2.75, 3.05) is 31.1 Å². The Kier molecular flexibility index (Phi) is 7.15. The van der Waals surface area contributed by atoms with Gasteiger partial charge in [0.05, 0.1) is 12.4 Å². The molecule has 2 saturated heterocycles. The van der Waals surface area contributed by atoms with E-state index in [0.29, 0.717) is 0 Å². The summed E-state index contributed by atoms with van der Waals surface area (Å²) in [5, 5.41) is 15.2. The Labute approximate surface area is 237 Å². The number of rotatable bonds is 3. The van der Waals surface area contributed by atoms with Crippen molar-refractivity contribution in [3.8, 4) is 0 Å². The van der Waals surface area contributed by atoms with Crippen molar-refractivity contribution in [3.05, 3.63) is 87.6 Å². The maximum atomic E-state index is 12.4. The number of anilines is 1. The van der Waals surface area contributed by atoms with Gasteiger partial charge in [-0.3, -0.25) is 0 Å². The molecule has 2 aromatic rings. The minimum atomic E-state index is -2.07. The van der Waals surface area contributed by atoms with Gasteiger partial charge in [-0.05, 0) is 74.3 Å². The lowest BCUT2D eigenvalue weighted by Crippen LogP contribution is -2.50. The lowest BCUT2D eigenvalue weighted by Gasteiger charge is -2.40. The first-order valence-corrected chi connectivity index (χ1v) is 17.0. The molecule has 2 aromatic carbocycles. The number of nitrogens with zero attached hydrogens (tertiary/aromatic N) is 2. The van der Waals surface area contributed by atoms with Crippen LogP contribution in [0.1, 0.15) is 60.7 Å². The molecule has 0 unspecified atom stereocenters. The van der Waals surface area contributed by atoms with E-state index in [2.05, 4.69) is 85.8 Å². The topological polar surface area (TPSA) is 80.5 Å². The standard InChI is InChI=1S/C32H36N2O2Si.CO2/c1-32(2,3)21-8-11-24(31(35)36)27(18-21)30-25-12-9-22(33-14-6-15-33)19-28(25)37(4,5)29-20-23(10-13-26(29)30)34-16-7-17-34;2-1-3/h8-13,18-20H,6-7,14-17H2,1-5H3;. The Balaban J connectivity index is 0.00000103. The van der Waals surface area contributed by atoms with Crippen molar-refractivity contribution < 1.29 is 24.1 Å². The largest absolute Gasteiger partial charge is 0.545 e. The van der Waals surface area contributed by atoms with E-state index in [-0.39, 0.29) is 17.1 Å². The molecule has 3 aliphatic heterocycles. The average molecular weight is 553 g/mol. The summed E-state index contributed by atoms with van der Waals surface area (Å²) in [6, 6.07) is 12.7. The molecular formula is C33H36N2O4Si. The summed E-state index contributed by atoms with van der Waals surface area (Å²) in [7, 11) is -2.07. The molecule has 0 saturated carbocycles. The van der Waals surface area contributed by atoms with Gasteiger partial charge >= 0.3 is 6.15 Å². The molecule has 0 aromatic heterocycles. The molecule has 0 radical (unpaired) electrons. The lowest BCUT2D eigenvalue weighted by molar-refractivity contribution is -0.582. The van der Waals surface area contributed by atoms with Crippen LogP contribution in [0.4, 0.5) is 5.69 Å². The fraction of sp³-hybridized carbons (Fsp3) is 0.364. The molecule has 6 rings (SSSR count). The number of fused-ring (bicyclic) bond motifs is 2. The summed E-state index contributed by atoms with van der Waals surface area (Å²) >= 11 is 0. The molecule has 4 aliphatic rings. The van der Waals surface area contributed by atoms with Crippen molar-refractivity contribution in [3.63, 3.8) is 0 Å². The van der Waals surface area contributed by atoms with Gasteiger partial charge in [0.25, 0.3) is 0 Å². The van der Waals surface area contributed by atoms with Crippen LogP contribution in [-0.4, -0.2) is 56.7 Å². The van der Waals surface area contributed by atoms with Crippen LogP contribution in [0.3, 0.4) is 0 Å². The van der Waals surface area contributed by atoms with Gasteiger partial charge in [-0.2, -0.15) is 9.59 Å². The molecular weight excluding hydrogens is 516 g/mol. The highest BCUT2D eigenvalue weighted by atomic mass is 28.3. The predicted octanol–water partition coefficient (Wildman–Crippen LogP) is 3.60. The summed E-state index contributed by atoms with van der Waals surface area (Å²) in [5.41, 5.74) is 8.03. The Morgan fingerprint density at radius 1 is 0.975 bits per heavy atom. The smallest absolute Gasteiger partial charge is 0.373 e. The second-order valence-electron chi connectivity index (χ2n) is 12.5. The number of benzene rings is 2. The number of allylic oxidation sites excluding steroid dienone is 5. The molecule has 0 N–H and O–H groups in total.